The molecule has 1 aliphatic carbocycles. The number of rotatable bonds is 9. The molecule has 12 heteroatoms. The number of nitrogens with one attached hydrogen (secondary N) is 4. The zero-order chi connectivity index (χ0) is 32.9. The third-order valence-electron chi connectivity index (χ3n) is 9.28. The first-order valence-electron chi connectivity index (χ1n) is 16.6. The lowest BCUT2D eigenvalue weighted by Crippen LogP contribution is -2.49. The molecule has 0 spiro atoms. The number of carbonyl (C=O) groups is 4. The van der Waals surface area contributed by atoms with Gasteiger partial charge in [0.25, 0.3) is 5.91 Å². The number of urea groups is 1. The molecule has 0 radical (unpaired) electrons. The Morgan fingerprint density at radius 3 is 2.40 bits per heavy atom. The van der Waals surface area contributed by atoms with E-state index in [4.69, 9.17) is 4.74 Å². The number of imide groups is 1. The predicted octanol–water partition coefficient (Wildman–Crippen LogP) is 5.26. The minimum absolute atomic E-state index is 0.0320. The van der Waals surface area contributed by atoms with Gasteiger partial charge in [0, 0.05) is 54.5 Å². The number of carbonyl (C=O) groups excluding carboxylic acids is 4. The summed E-state index contributed by atoms with van der Waals surface area (Å²) in [7, 11) is 0. The van der Waals surface area contributed by atoms with Crippen LogP contribution in [0.2, 0.25) is 0 Å². The van der Waals surface area contributed by atoms with Crippen molar-refractivity contribution in [3.05, 3.63) is 77.0 Å². The van der Waals surface area contributed by atoms with Crippen LogP contribution < -0.4 is 20.9 Å². The van der Waals surface area contributed by atoms with Gasteiger partial charge >= 0.3 is 12.1 Å². The van der Waals surface area contributed by atoms with Gasteiger partial charge in [-0.1, -0.05) is 24.3 Å². The summed E-state index contributed by atoms with van der Waals surface area (Å²) in [5.41, 5.74) is 4.73. The van der Waals surface area contributed by atoms with Crippen LogP contribution in [-0.4, -0.2) is 70.8 Å². The summed E-state index contributed by atoms with van der Waals surface area (Å²) >= 11 is 0. The minimum Gasteiger partial charge on any atom is -0.446 e. The third-order valence-corrected chi connectivity index (χ3v) is 9.28. The molecule has 0 bridgehead atoms. The normalized spacial score (nSPS) is 20.7. The van der Waals surface area contributed by atoms with E-state index in [-0.39, 0.29) is 42.0 Å². The van der Waals surface area contributed by atoms with Gasteiger partial charge in [0.05, 0.1) is 0 Å². The molecular formula is C35H43N7O5. The number of aromatic nitrogens is 2. The summed E-state index contributed by atoms with van der Waals surface area (Å²) in [6.45, 7) is 6.98. The topological polar surface area (TPSA) is 149 Å². The van der Waals surface area contributed by atoms with Crippen LogP contribution in [0.15, 0.2) is 54.6 Å². The standard InChI is InChI=1S/C35H43N7O5/c1-22(2)36-35(46)47-29-12-9-27(19-29)30-20-31(40-39-30)37-33(44)26-5-3-23(4-6-26)21-41-16-13-25(14-17-41)24-7-10-28(11-8-24)42-18-15-32(43)38-34(42)45/h3-8,10-11,20,22,25,27,29H,9,12-19,21H2,1-2H3,(H,36,46)(H,38,43,45)(H2,37,39,40,44)/t27-,29+/m0/s1. The molecule has 1 aromatic heterocycles. The number of anilines is 2. The van der Waals surface area contributed by atoms with Crippen LogP contribution in [0.5, 0.6) is 0 Å². The number of likely N-dealkylation sites (tertiary alicyclic amines) is 1. The molecule has 248 valence electrons. The highest BCUT2D eigenvalue weighted by atomic mass is 16.6. The molecule has 3 aliphatic rings. The molecule has 6 rings (SSSR count). The number of piperidine rings is 1. The van der Waals surface area contributed by atoms with Crippen molar-refractivity contribution < 1.29 is 23.9 Å². The van der Waals surface area contributed by atoms with Gasteiger partial charge in [-0.15, -0.1) is 0 Å². The zero-order valence-electron chi connectivity index (χ0n) is 27.0. The first-order chi connectivity index (χ1) is 22.7. The number of hydrogen-bond acceptors (Lipinski definition) is 7. The molecule has 2 aromatic carbocycles. The van der Waals surface area contributed by atoms with Crippen LogP contribution in [0.4, 0.5) is 21.1 Å². The molecule has 0 unspecified atom stereocenters. The van der Waals surface area contributed by atoms with E-state index in [1.54, 1.807) is 4.90 Å². The van der Waals surface area contributed by atoms with Crippen molar-refractivity contribution in [1.29, 1.82) is 0 Å². The van der Waals surface area contributed by atoms with E-state index in [1.807, 2.05) is 56.3 Å². The molecule has 4 N–H and O–H groups in total. The van der Waals surface area contributed by atoms with E-state index >= 15 is 0 Å². The number of ether oxygens (including phenoxy) is 1. The first-order valence-corrected chi connectivity index (χ1v) is 16.6. The van der Waals surface area contributed by atoms with Crippen LogP contribution >= 0.6 is 0 Å². The van der Waals surface area contributed by atoms with Crippen molar-refractivity contribution in [1.82, 2.24) is 25.7 Å². The predicted molar refractivity (Wildman–Crippen MR) is 177 cm³/mol. The largest absolute Gasteiger partial charge is 0.446 e. The maximum Gasteiger partial charge on any atom is 0.407 e. The lowest BCUT2D eigenvalue weighted by Gasteiger charge is -2.32. The Morgan fingerprint density at radius 2 is 1.70 bits per heavy atom. The third kappa shape index (κ3) is 8.18. The van der Waals surface area contributed by atoms with Gasteiger partial charge in [-0.05, 0) is 100 Å². The van der Waals surface area contributed by atoms with Crippen LogP contribution in [0, 0.1) is 0 Å². The Bertz CT molecular complexity index is 1580. The summed E-state index contributed by atoms with van der Waals surface area (Å²) < 4.78 is 5.53. The van der Waals surface area contributed by atoms with Crippen molar-refractivity contribution >= 4 is 35.4 Å². The molecule has 2 saturated heterocycles. The molecule has 47 heavy (non-hydrogen) atoms. The van der Waals surface area contributed by atoms with Gasteiger partial charge in [0.1, 0.15) is 6.10 Å². The quantitative estimate of drug-likeness (QED) is 0.249. The Morgan fingerprint density at radius 1 is 0.957 bits per heavy atom. The van der Waals surface area contributed by atoms with E-state index in [0.29, 0.717) is 30.3 Å². The van der Waals surface area contributed by atoms with E-state index in [2.05, 4.69) is 43.2 Å². The molecule has 3 aromatic rings. The van der Waals surface area contributed by atoms with E-state index < -0.39 is 0 Å². The summed E-state index contributed by atoms with van der Waals surface area (Å²) in [4.78, 5) is 52.5. The molecule has 2 atom stereocenters. The van der Waals surface area contributed by atoms with Crippen LogP contribution in [-0.2, 0) is 16.1 Å². The smallest absolute Gasteiger partial charge is 0.407 e. The van der Waals surface area contributed by atoms with Gasteiger partial charge in [-0.3, -0.25) is 29.8 Å². The Kier molecular flexibility index (Phi) is 9.86. The number of H-pyrrole nitrogens is 1. The summed E-state index contributed by atoms with van der Waals surface area (Å²) in [6.07, 6.45) is 4.29. The van der Waals surface area contributed by atoms with Crippen LogP contribution in [0.1, 0.15) is 91.4 Å². The molecule has 12 nitrogen and oxygen atoms in total. The van der Waals surface area contributed by atoms with Gasteiger partial charge in [0.15, 0.2) is 5.82 Å². The molecule has 2 aliphatic heterocycles. The monoisotopic (exact) mass is 641 g/mol. The Balaban J connectivity index is 0.939. The van der Waals surface area contributed by atoms with Crippen molar-refractivity contribution in [3.63, 3.8) is 0 Å². The average Bonchev–Trinajstić information content (AvgIpc) is 3.71. The van der Waals surface area contributed by atoms with Crippen molar-refractivity contribution in [3.8, 4) is 0 Å². The van der Waals surface area contributed by atoms with Gasteiger partial charge in [-0.25, -0.2) is 9.59 Å². The molecule has 5 amide bonds. The fourth-order valence-corrected chi connectivity index (χ4v) is 6.73. The number of aromatic amines is 1. The van der Waals surface area contributed by atoms with E-state index in [9.17, 15) is 19.2 Å². The van der Waals surface area contributed by atoms with Crippen molar-refractivity contribution in [2.24, 2.45) is 0 Å². The number of hydrogen-bond donors (Lipinski definition) is 4. The Hall–Kier alpha value is -4.71. The summed E-state index contributed by atoms with van der Waals surface area (Å²) in [5, 5.41) is 15.4. The van der Waals surface area contributed by atoms with Crippen LogP contribution in [0.25, 0.3) is 0 Å². The molecule has 3 fully saturated rings. The fourth-order valence-electron chi connectivity index (χ4n) is 6.73. The summed E-state index contributed by atoms with van der Waals surface area (Å²) in [5.74, 6) is 0.687. The second kappa shape index (κ2) is 14.4. The lowest BCUT2D eigenvalue weighted by molar-refractivity contribution is -0.120. The number of nitrogens with zero attached hydrogens (tertiary/aromatic N) is 3. The SMILES string of the molecule is CC(C)NC(=O)O[C@@H]1CC[C@H](c2cc(NC(=O)c3ccc(CN4CCC(c5ccc(N6CCC(=O)NC6=O)cc5)CC4)cc3)n[nH]2)C1. The van der Waals surface area contributed by atoms with Gasteiger partial charge in [0.2, 0.25) is 5.91 Å². The second-order valence-electron chi connectivity index (χ2n) is 13.1. The highest BCUT2D eigenvalue weighted by molar-refractivity contribution is 6.05. The number of amides is 5. The molecule has 1 saturated carbocycles. The first kappa shape index (κ1) is 32.2. The van der Waals surface area contributed by atoms with E-state index in [1.165, 1.54) is 5.56 Å². The maximum atomic E-state index is 12.9. The average molecular weight is 642 g/mol. The summed E-state index contributed by atoms with van der Waals surface area (Å²) in [6, 6.07) is 17.4. The highest BCUT2D eigenvalue weighted by Gasteiger charge is 2.30. The number of alkyl carbamates (subject to hydrolysis) is 1. The van der Waals surface area contributed by atoms with E-state index in [0.717, 1.165) is 68.7 Å². The van der Waals surface area contributed by atoms with Gasteiger partial charge in [-0.2, -0.15) is 5.10 Å². The molecule has 3 heterocycles. The number of benzene rings is 2. The second-order valence-corrected chi connectivity index (χ2v) is 13.1. The lowest BCUT2D eigenvalue weighted by atomic mass is 9.89. The minimum atomic E-state index is -0.384. The Labute approximate surface area is 274 Å². The van der Waals surface area contributed by atoms with Crippen molar-refractivity contribution in [2.75, 3.05) is 29.9 Å². The highest BCUT2D eigenvalue weighted by Crippen LogP contribution is 2.36. The van der Waals surface area contributed by atoms with Crippen molar-refractivity contribution in [2.45, 2.75) is 82.9 Å². The fraction of sp³-hybridized carbons (Fsp3) is 0.457. The zero-order valence-corrected chi connectivity index (χ0v) is 27.0. The molecular weight excluding hydrogens is 598 g/mol. The van der Waals surface area contributed by atoms with Crippen LogP contribution in [0.3, 0.4) is 0 Å². The van der Waals surface area contributed by atoms with Gasteiger partial charge < -0.3 is 15.4 Å². The maximum absolute atomic E-state index is 12.9.